The zero-order valence-electron chi connectivity index (χ0n) is 15.1. The molecular weight excluding hydrogens is 327 g/mol. The number of halogens is 2. The van der Waals surface area contributed by atoms with Gasteiger partial charge in [0.2, 0.25) is 0 Å². The van der Waals surface area contributed by atoms with Crippen molar-refractivity contribution >= 4 is 18.5 Å². The van der Waals surface area contributed by atoms with Gasteiger partial charge in [0.1, 0.15) is 0 Å². The molecule has 2 aliphatic rings. The second-order valence-electron chi connectivity index (χ2n) is 7.86. The highest BCUT2D eigenvalue weighted by atomic mass is 19.3. The Labute approximate surface area is 147 Å². The maximum atomic E-state index is 13.7. The molecule has 0 spiro atoms. The zero-order chi connectivity index (χ0) is 18.5. The summed E-state index contributed by atoms with van der Waals surface area (Å²) in [5.41, 5.74) is -0.128. The molecule has 0 saturated carbocycles. The van der Waals surface area contributed by atoms with Crippen LogP contribution in [0.25, 0.3) is 0 Å². The van der Waals surface area contributed by atoms with E-state index in [2.05, 4.69) is 0 Å². The van der Waals surface area contributed by atoms with Crippen LogP contribution >= 0.6 is 0 Å². The lowest BCUT2D eigenvalue weighted by Crippen LogP contribution is -2.48. The van der Waals surface area contributed by atoms with Gasteiger partial charge in [-0.1, -0.05) is 18.2 Å². The predicted molar refractivity (Wildman–Crippen MR) is 92.2 cm³/mol. The van der Waals surface area contributed by atoms with Crippen LogP contribution < -0.4 is 5.46 Å². The lowest BCUT2D eigenvalue weighted by molar-refractivity contribution is -0.0560. The van der Waals surface area contributed by atoms with Crippen LogP contribution in [-0.2, 0) is 9.31 Å². The van der Waals surface area contributed by atoms with Crippen LogP contribution in [0.2, 0.25) is 0 Å². The van der Waals surface area contributed by atoms with Crippen LogP contribution in [-0.4, -0.2) is 48.1 Å². The van der Waals surface area contributed by atoms with Crippen LogP contribution in [0.1, 0.15) is 50.9 Å². The molecule has 7 heteroatoms. The first kappa shape index (κ1) is 18.3. The number of carbonyl (C=O) groups is 1. The molecule has 0 N–H and O–H groups in total. The van der Waals surface area contributed by atoms with Crippen LogP contribution in [0.3, 0.4) is 0 Å². The first-order chi connectivity index (χ1) is 11.5. The number of piperidine rings is 1. The van der Waals surface area contributed by atoms with Crippen LogP contribution in [0, 0.1) is 0 Å². The Balaban J connectivity index is 1.88. The summed E-state index contributed by atoms with van der Waals surface area (Å²) in [5.74, 6) is -3.22. The lowest BCUT2D eigenvalue weighted by Gasteiger charge is -2.33. The summed E-state index contributed by atoms with van der Waals surface area (Å²) in [6.45, 7) is 7.53. The minimum absolute atomic E-state index is 0.171. The standard InChI is InChI=1S/C18H24BF2NO3/c1-16(2)17(3,4)25-19(24-16)14-9-6-5-8-13(14)15(23)22-11-7-10-18(20,21)12-22/h5-6,8-9H,7,10-12H2,1-4H3. The first-order valence-corrected chi connectivity index (χ1v) is 8.64. The predicted octanol–water partition coefficient (Wildman–Crippen LogP) is 2.86. The molecule has 2 aliphatic heterocycles. The summed E-state index contributed by atoms with van der Waals surface area (Å²) in [6, 6.07) is 6.93. The van der Waals surface area contributed by atoms with Crippen molar-refractivity contribution in [2.45, 2.75) is 57.7 Å². The van der Waals surface area contributed by atoms with Crippen LogP contribution in [0.5, 0.6) is 0 Å². The largest absolute Gasteiger partial charge is 0.495 e. The van der Waals surface area contributed by atoms with Gasteiger partial charge in [-0.05, 0) is 45.6 Å². The smallest absolute Gasteiger partial charge is 0.399 e. The molecule has 0 aliphatic carbocycles. The van der Waals surface area contributed by atoms with Crippen LogP contribution in [0.15, 0.2) is 24.3 Å². The van der Waals surface area contributed by atoms with Gasteiger partial charge in [0, 0.05) is 18.5 Å². The molecular formula is C18H24BF2NO3. The zero-order valence-corrected chi connectivity index (χ0v) is 15.1. The van der Waals surface area contributed by atoms with Crippen molar-refractivity contribution in [2.75, 3.05) is 13.1 Å². The van der Waals surface area contributed by atoms with Crippen molar-refractivity contribution in [1.82, 2.24) is 4.90 Å². The molecule has 0 aromatic heterocycles. The Hall–Kier alpha value is -1.47. The number of hydrogen-bond donors (Lipinski definition) is 0. The van der Waals surface area contributed by atoms with Crippen molar-refractivity contribution in [3.8, 4) is 0 Å². The van der Waals surface area contributed by atoms with Gasteiger partial charge >= 0.3 is 7.12 Å². The molecule has 1 amide bonds. The minimum atomic E-state index is -2.83. The fraction of sp³-hybridized carbons (Fsp3) is 0.611. The Morgan fingerprint density at radius 1 is 1.12 bits per heavy atom. The number of amides is 1. The first-order valence-electron chi connectivity index (χ1n) is 8.64. The maximum Gasteiger partial charge on any atom is 0.495 e. The summed E-state index contributed by atoms with van der Waals surface area (Å²) in [5, 5.41) is 0. The molecule has 1 aromatic carbocycles. The Kier molecular flexibility index (Phi) is 4.44. The highest BCUT2D eigenvalue weighted by molar-refractivity contribution is 6.63. The second-order valence-corrected chi connectivity index (χ2v) is 7.86. The summed E-state index contributed by atoms with van der Waals surface area (Å²) >= 11 is 0. The van der Waals surface area contributed by atoms with E-state index in [1.165, 1.54) is 4.90 Å². The molecule has 2 heterocycles. The van der Waals surface area contributed by atoms with Crippen molar-refractivity contribution in [3.63, 3.8) is 0 Å². The van der Waals surface area contributed by atoms with Crippen molar-refractivity contribution in [2.24, 2.45) is 0 Å². The van der Waals surface area contributed by atoms with Gasteiger partial charge in [-0.3, -0.25) is 4.79 Å². The van der Waals surface area contributed by atoms with E-state index in [9.17, 15) is 13.6 Å². The van der Waals surface area contributed by atoms with Gasteiger partial charge in [0.25, 0.3) is 11.8 Å². The monoisotopic (exact) mass is 351 g/mol. The summed E-state index contributed by atoms with van der Waals surface area (Å²) < 4.78 is 39.4. The molecule has 1 aromatic rings. The Bertz CT molecular complexity index is 662. The summed E-state index contributed by atoms with van der Waals surface area (Å²) in [4.78, 5) is 14.1. The van der Waals surface area contributed by atoms with Crippen molar-refractivity contribution in [3.05, 3.63) is 29.8 Å². The lowest BCUT2D eigenvalue weighted by atomic mass is 9.75. The average molecular weight is 351 g/mol. The van der Waals surface area contributed by atoms with Gasteiger partial charge in [-0.15, -0.1) is 0 Å². The minimum Gasteiger partial charge on any atom is -0.399 e. The summed E-state index contributed by atoms with van der Waals surface area (Å²) in [7, 11) is -0.699. The highest BCUT2D eigenvalue weighted by Gasteiger charge is 2.52. The number of carbonyl (C=O) groups excluding carboxylic acids is 1. The molecule has 2 fully saturated rings. The van der Waals surface area contributed by atoms with Gasteiger partial charge in [0.05, 0.1) is 17.7 Å². The van der Waals surface area contributed by atoms with Crippen LogP contribution in [0.4, 0.5) is 8.78 Å². The fourth-order valence-corrected chi connectivity index (χ4v) is 3.18. The third kappa shape index (κ3) is 3.44. The normalized spacial score (nSPS) is 24.4. The molecule has 4 nitrogen and oxygen atoms in total. The van der Waals surface area contributed by atoms with E-state index in [1.807, 2.05) is 27.7 Å². The van der Waals surface area contributed by atoms with Gasteiger partial charge in [-0.25, -0.2) is 8.78 Å². The van der Waals surface area contributed by atoms with Gasteiger partial charge in [-0.2, -0.15) is 0 Å². The third-order valence-electron chi connectivity index (χ3n) is 5.38. The molecule has 0 radical (unpaired) electrons. The van der Waals surface area contributed by atoms with E-state index < -0.39 is 36.7 Å². The van der Waals surface area contributed by atoms with Gasteiger partial charge < -0.3 is 14.2 Å². The second kappa shape index (κ2) is 6.06. The average Bonchev–Trinajstić information content (AvgIpc) is 2.73. The number of rotatable bonds is 2. The number of nitrogens with zero attached hydrogens (tertiary/aromatic N) is 1. The van der Waals surface area contributed by atoms with Crippen molar-refractivity contribution in [1.29, 1.82) is 0 Å². The SMILES string of the molecule is CC1(C)OB(c2ccccc2C(=O)N2CCCC(F)(F)C2)OC1(C)C. The number of alkyl halides is 2. The summed E-state index contributed by atoms with van der Waals surface area (Å²) in [6.07, 6.45) is 0.132. The molecule has 0 atom stereocenters. The Morgan fingerprint density at radius 2 is 1.72 bits per heavy atom. The molecule has 0 bridgehead atoms. The number of benzene rings is 1. The molecule has 136 valence electrons. The topological polar surface area (TPSA) is 38.8 Å². The molecule has 25 heavy (non-hydrogen) atoms. The quantitative estimate of drug-likeness (QED) is 0.770. The van der Waals surface area contributed by atoms with E-state index in [-0.39, 0.29) is 6.42 Å². The van der Waals surface area contributed by atoms with E-state index in [1.54, 1.807) is 24.3 Å². The van der Waals surface area contributed by atoms with E-state index in [4.69, 9.17) is 9.31 Å². The third-order valence-corrected chi connectivity index (χ3v) is 5.38. The van der Waals surface area contributed by atoms with E-state index >= 15 is 0 Å². The molecule has 2 saturated heterocycles. The molecule has 3 rings (SSSR count). The van der Waals surface area contributed by atoms with E-state index in [0.717, 1.165) is 0 Å². The maximum absolute atomic E-state index is 13.7. The number of likely N-dealkylation sites (tertiary alicyclic amines) is 1. The van der Waals surface area contributed by atoms with Gasteiger partial charge in [0.15, 0.2) is 0 Å². The fourth-order valence-electron chi connectivity index (χ4n) is 3.18. The molecule has 0 unspecified atom stereocenters. The highest BCUT2D eigenvalue weighted by Crippen LogP contribution is 2.37. The van der Waals surface area contributed by atoms with E-state index in [0.29, 0.717) is 24.0 Å². The number of hydrogen-bond acceptors (Lipinski definition) is 3. The Morgan fingerprint density at radius 3 is 2.32 bits per heavy atom. The van der Waals surface area contributed by atoms with Crippen molar-refractivity contribution < 1.29 is 22.9 Å².